The largest absolute Gasteiger partial charge is 0.424 e. The molecule has 0 amide bonds. The highest BCUT2D eigenvalue weighted by molar-refractivity contribution is 4.79. The van der Waals surface area contributed by atoms with Crippen LogP contribution < -0.4 is 5.32 Å². The van der Waals surface area contributed by atoms with E-state index in [4.69, 9.17) is 4.42 Å². The quantitative estimate of drug-likeness (QED) is 0.820. The number of hydrogen-bond donors (Lipinski definition) is 1. The predicted molar refractivity (Wildman–Crippen MR) is 61.0 cm³/mol. The molecular formula is C11H20N4O. The average Bonchev–Trinajstić information content (AvgIpc) is 2.65. The van der Waals surface area contributed by atoms with E-state index in [2.05, 4.69) is 27.5 Å². The molecule has 1 N–H and O–H groups in total. The van der Waals surface area contributed by atoms with Crippen molar-refractivity contribution in [3.63, 3.8) is 0 Å². The Bertz CT molecular complexity index is 320. The molecule has 5 nitrogen and oxygen atoms in total. The van der Waals surface area contributed by atoms with E-state index in [9.17, 15) is 0 Å². The minimum absolute atomic E-state index is 0.644. The maximum absolute atomic E-state index is 5.37. The van der Waals surface area contributed by atoms with Gasteiger partial charge in [-0.25, -0.2) is 0 Å². The van der Waals surface area contributed by atoms with E-state index >= 15 is 0 Å². The maximum Gasteiger partial charge on any atom is 0.230 e. The molecule has 1 aliphatic rings. The molecule has 1 aromatic rings. The molecule has 0 spiro atoms. The first-order valence-corrected chi connectivity index (χ1v) is 5.92. The molecule has 0 unspecified atom stereocenters. The van der Waals surface area contributed by atoms with Crippen LogP contribution in [0, 0.1) is 12.8 Å². The van der Waals surface area contributed by atoms with Gasteiger partial charge in [0.05, 0.1) is 6.54 Å². The monoisotopic (exact) mass is 224 g/mol. The highest BCUT2D eigenvalue weighted by atomic mass is 16.4. The molecule has 0 aromatic carbocycles. The van der Waals surface area contributed by atoms with Gasteiger partial charge in [0.25, 0.3) is 0 Å². The van der Waals surface area contributed by atoms with Crippen molar-refractivity contribution in [2.45, 2.75) is 26.3 Å². The van der Waals surface area contributed by atoms with Gasteiger partial charge < -0.3 is 9.73 Å². The number of hydrogen-bond acceptors (Lipinski definition) is 5. The smallest absolute Gasteiger partial charge is 0.230 e. The minimum atomic E-state index is 0.644. The molecule has 2 rings (SSSR count). The molecule has 90 valence electrons. The van der Waals surface area contributed by atoms with Gasteiger partial charge in [0.2, 0.25) is 11.8 Å². The SMILES string of the molecule is Cc1nnc(CN(C)CC2CCNCC2)o1. The summed E-state index contributed by atoms with van der Waals surface area (Å²) in [5.74, 6) is 2.16. The Morgan fingerprint density at radius 1 is 1.38 bits per heavy atom. The van der Waals surface area contributed by atoms with Crippen molar-refractivity contribution in [3.05, 3.63) is 11.8 Å². The van der Waals surface area contributed by atoms with Crippen LogP contribution in [0.15, 0.2) is 4.42 Å². The minimum Gasteiger partial charge on any atom is -0.424 e. The van der Waals surface area contributed by atoms with Crippen LogP contribution in [-0.2, 0) is 6.54 Å². The lowest BCUT2D eigenvalue weighted by Crippen LogP contribution is -2.34. The Labute approximate surface area is 96.2 Å². The highest BCUT2D eigenvalue weighted by Gasteiger charge is 2.16. The number of nitrogens with zero attached hydrogens (tertiary/aromatic N) is 3. The fraction of sp³-hybridized carbons (Fsp3) is 0.818. The topological polar surface area (TPSA) is 54.2 Å². The van der Waals surface area contributed by atoms with Gasteiger partial charge in [-0.05, 0) is 38.9 Å². The molecular weight excluding hydrogens is 204 g/mol. The summed E-state index contributed by atoms with van der Waals surface area (Å²) in [5.41, 5.74) is 0. The van der Waals surface area contributed by atoms with Crippen LogP contribution in [0.2, 0.25) is 0 Å². The van der Waals surface area contributed by atoms with E-state index in [1.807, 2.05) is 6.92 Å². The van der Waals surface area contributed by atoms with Crippen molar-refractivity contribution < 1.29 is 4.42 Å². The maximum atomic E-state index is 5.37. The molecule has 0 atom stereocenters. The zero-order chi connectivity index (χ0) is 11.4. The fourth-order valence-electron chi connectivity index (χ4n) is 2.20. The number of nitrogens with one attached hydrogen (secondary N) is 1. The van der Waals surface area contributed by atoms with E-state index < -0.39 is 0 Å². The Kier molecular flexibility index (Phi) is 3.90. The third kappa shape index (κ3) is 3.28. The third-order valence-electron chi connectivity index (χ3n) is 3.00. The molecule has 1 aromatic heterocycles. The van der Waals surface area contributed by atoms with Gasteiger partial charge in [-0.1, -0.05) is 0 Å². The summed E-state index contributed by atoms with van der Waals surface area (Å²) in [6, 6.07) is 0. The second kappa shape index (κ2) is 5.41. The molecule has 2 heterocycles. The van der Waals surface area contributed by atoms with Crippen LogP contribution in [0.5, 0.6) is 0 Å². The number of aromatic nitrogens is 2. The van der Waals surface area contributed by atoms with Crippen LogP contribution >= 0.6 is 0 Å². The van der Waals surface area contributed by atoms with E-state index in [-0.39, 0.29) is 0 Å². The van der Waals surface area contributed by atoms with Crippen LogP contribution in [0.3, 0.4) is 0 Å². The summed E-state index contributed by atoms with van der Waals surface area (Å²) in [6.07, 6.45) is 2.54. The number of aryl methyl sites for hydroxylation is 1. The first-order valence-electron chi connectivity index (χ1n) is 5.92. The first kappa shape index (κ1) is 11.5. The molecule has 5 heteroatoms. The predicted octanol–water partition coefficient (Wildman–Crippen LogP) is 0.809. The Morgan fingerprint density at radius 3 is 2.75 bits per heavy atom. The zero-order valence-electron chi connectivity index (χ0n) is 10.1. The van der Waals surface area contributed by atoms with Crippen LogP contribution in [0.4, 0.5) is 0 Å². The summed E-state index contributed by atoms with van der Waals surface area (Å²) in [5, 5.41) is 11.2. The fourth-order valence-corrected chi connectivity index (χ4v) is 2.20. The Hall–Kier alpha value is -0.940. The third-order valence-corrected chi connectivity index (χ3v) is 3.00. The molecule has 0 aliphatic carbocycles. The van der Waals surface area contributed by atoms with Crippen molar-refractivity contribution in [2.75, 3.05) is 26.7 Å². The normalized spacial score (nSPS) is 18.2. The summed E-state index contributed by atoms with van der Waals surface area (Å²) >= 11 is 0. The number of piperidine rings is 1. The van der Waals surface area contributed by atoms with E-state index in [0.717, 1.165) is 32.1 Å². The van der Waals surface area contributed by atoms with Crippen LogP contribution in [0.25, 0.3) is 0 Å². The van der Waals surface area contributed by atoms with E-state index in [0.29, 0.717) is 11.8 Å². The van der Waals surface area contributed by atoms with Crippen molar-refractivity contribution in [2.24, 2.45) is 5.92 Å². The highest BCUT2D eigenvalue weighted by Crippen LogP contribution is 2.13. The Balaban J connectivity index is 1.77. The first-order chi connectivity index (χ1) is 7.74. The molecule has 0 radical (unpaired) electrons. The van der Waals surface area contributed by atoms with Crippen LogP contribution in [0.1, 0.15) is 24.6 Å². The molecule has 0 saturated carbocycles. The van der Waals surface area contributed by atoms with Gasteiger partial charge in [-0.3, -0.25) is 4.90 Å². The standard InChI is InChI=1S/C11H20N4O/c1-9-13-14-11(16-9)8-15(2)7-10-3-5-12-6-4-10/h10,12H,3-8H2,1-2H3. The molecule has 1 saturated heterocycles. The summed E-state index contributed by atoms with van der Waals surface area (Å²) in [4.78, 5) is 2.27. The summed E-state index contributed by atoms with van der Waals surface area (Å²) in [7, 11) is 2.11. The summed E-state index contributed by atoms with van der Waals surface area (Å²) < 4.78 is 5.37. The van der Waals surface area contributed by atoms with Gasteiger partial charge in [0.15, 0.2) is 0 Å². The lowest BCUT2D eigenvalue weighted by atomic mass is 9.98. The second-order valence-electron chi connectivity index (χ2n) is 4.60. The lowest BCUT2D eigenvalue weighted by Gasteiger charge is -2.26. The number of rotatable bonds is 4. The molecule has 16 heavy (non-hydrogen) atoms. The van der Waals surface area contributed by atoms with Gasteiger partial charge in [-0.15, -0.1) is 10.2 Å². The molecule has 1 aliphatic heterocycles. The van der Waals surface area contributed by atoms with Crippen molar-refractivity contribution in [1.29, 1.82) is 0 Å². The van der Waals surface area contributed by atoms with Crippen molar-refractivity contribution >= 4 is 0 Å². The van der Waals surface area contributed by atoms with Gasteiger partial charge in [-0.2, -0.15) is 0 Å². The van der Waals surface area contributed by atoms with Crippen molar-refractivity contribution in [3.8, 4) is 0 Å². The zero-order valence-corrected chi connectivity index (χ0v) is 10.1. The van der Waals surface area contributed by atoms with Gasteiger partial charge in [0.1, 0.15) is 0 Å². The second-order valence-corrected chi connectivity index (χ2v) is 4.60. The van der Waals surface area contributed by atoms with E-state index in [1.165, 1.54) is 12.8 Å². The van der Waals surface area contributed by atoms with Crippen molar-refractivity contribution in [1.82, 2.24) is 20.4 Å². The summed E-state index contributed by atoms with van der Waals surface area (Å²) in [6.45, 7) is 5.99. The van der Waals surface area contributed by atoms with E-state index in [1.54, 1.807) is 0 Å². The molecule has 0 bridgehead atoms. The lowest BCUT2D eigenvalue weighted by molar-refractivity contribution is 0.217. The Morgan fingerprint density at radius 2 is 2.12 bits per heavy atom. The van der Waals surface area contributed by atoms with Gasteiger partial charge in [0, 0.05) is 13.5 Å². The average molecular weight is 224 g/mol. The molecule has 1 fully saturated rings. The van der Waals surface area contributed by atoms with Gasteiger partial charge >= 0.3 is 0 Å². The van der Waals surface area contributed by atoms with Crippen LogP contribution in [-0.4, -0.2) is 41.8 Å².